The van der Waals surface area contributed by atoms with Gasteiger partial charge in [0.1, 0.15) is 0 Å². The number of aryl methyl sites for hydroxylation is 1. The largest absolute Gasteiger partial charge is 0.322 e. The highest BCUT2D eigenvalue weighted by Gasteiger charge is 2.13. The fourth-order valence-electron chi connectivity index (χ4n) is 2.77. The van der Waals surface area contributed by atoms with E-state index < -0.39 is 0 Å². The maximum atomic E-state index is 12.4. The SMILES string of the molecule is CCc1ccccc1NC(=O)c1ccc2c(c1)CNCC2. The first-order chi connectivity index (χ1) is 10.3. The van der Waals surface area contributed by atoms with Crippen LogP contribution in [-0.4, -0.2) is 12.5 Å². The van der Waals surface area contributed by atoms with Crippen LogP contribution < -0.4 is 10.6 Å². The van der Waals surface area contributed by atoms with Crippen LogP contribution in [0.3, 0.4) is 0 Å². The number of amides is 1. The molecule has 2 aromatic rings. The van der Waals surface area contributed by atoms with Gasteiger partial charge >= 0.3 is 0 Å². The maximum Gasteiger partial charge on any atom is 0.255 e. The lowest BCUT2D eigenvalue weighted by molar-refractivity contribution is 0.102. The second kappa shape index (κ2) is 6.10. The van der Waals surface area contributed by atoms with Crippen molar-refractivity contribution in [2.45, 2.75) is 26.3 Å². The van der Waals surface area contributed by atoms with Gasteiger partial charge in [-0.3, -0.25) is 4.79 Å². The van der Waals surface area contributed by atoms with Crippen LogP contribution in [0.25, 0.3) is 0 Å². The minimum Gasteiger partial charge on any atom is -0.322 e. The van der Waals surface area contributed by atoms with Crippen LogP contribution >= 0.6 is 0 Å². The molecule has 0 spiro atoms. The summed E-state index contributed by atoms with van der Waals surface area (Å²) in [6.45, 7) is 3.96. The van der Waals surface area contributed by atoms with E-state index in [2.05, 4.69) is 23.6 Å². The van der Waals surface area contributed by atoms with Crippen molar-refractivity contribution in [3.05, 3.63) is 64.7 Å². The standard InChI is InChI=1S/C18H20N2O/c1-2-13-5-3-4-6-17(13)20-18(21)15-8-7-14-9-10-19-12-16(14)11-15/h3-8,11,19H,2,9-10,12H2,1H3,(H,20,21). The predicted octanol–water partition coefficient (Wildman–Crippen LogP) is 3.15. The zero-order chi connectivity index (χ0) is 14.7. The first-order valence-corrected chi connectivity index (χ1v) is 7.49. The topological polar surface area (TPSA) is 41.1 Å². The molecule has 0 bridgehead atoms. The fraction of sp³-hybridized carbons (Fsp3) is 0.278. The number of nitrogens with one attached hydrogen (secondary N) is 2. The molecule has 0 radical (unpaired) electrons. The van der Waals surface area contributed by atoms with E-state index in [0.29, 0.717) is 0 Å². The first kappa shape index (κ1) is 13.8. The molecule has 0 unspecified atom stereocenters. The van der Waals surface area contributed by atoms with Crippen LogP contribution in [0, 0.1) is 0 Å². The van der Waals surface area contributed by atoms with Gasteiger partial charge in [0.2, 0.25) is 0 Å². The molecular weight excluding hydrogens is 260 g/mol. The fourth-order valence-corrected chi connectivity index (χ4v) is 2.77. The highest BCUT2D eigenvalue weighted by molar-refractivity contribution is 6.04. The van der Waals surface area contributed by atoms with Crippen molar-refractivity contribution in [2.75, 3.05) is 11.9 Å². The van der Waals surface area contributed by atoms with Crippen molar-refractivity contribution in [1.82, 2.24) is 5.32 Å². The molecule has 3 rings (SSSR count). The number of fused-ring (bicyclic) bond motifs is 1. The summed E-state index contributed by atoms with van der Waals surface area (Å²) in [7, 11) is 0. The molecule has 2 aromatic carbocycles. The predicted molar refractivity (Wildman–Crippen MR) is 85.6 cm³/mol. The van der Waals surface area contributed by atoms with Crippen LogP contribution in [-0.2, 0) is 19.4 Å². The summed E-state index contributed by atoms with van der Waals surface area (Å²) in [5, 5.41) is 6.37. The quantitative estimate of drug-likeness (QED) is 0.907. The summed E-state index contributed by atoms with van der Waals surface area (Å²) in [5.41, 5.74) is 5.37. The van der Waals surface area contributed by atoms with Gasteiger partial charge in [-0.1, -0.05) is 31.2 Å². The van der Waals surface area contributed by atoms with Crippen LogP contribution in [0.15, 0.2) is 42.5 Å². The monoisotopic (exact) mass is 280 g/mol. The molecule has 0 saturated heterocycles. The lowest BCUT2D eigenvalue weighted by Gasteiger charge is -2.18. The van der Waals surface area contributed by atoms with E-state index in [1.165, 1.54) is 11.1 Å². The Morgan fingerprint density at radius 1 is 1.19 bits per heavy atom. The van der Waals surface area contributed by atoms with Gasteiger partial charge in [-0.25, -0.2) is 0 Å². The second-order valence-corrected chi connectivity index (χ2v) is 5.38. The average molecular weight is 280 g/mol. The van der Waals surface area contributed by atoms with Crippen LogP contribution in [0.1, 0.15) is 34.0 Å². The Labute approximate surface area is 125 Å². The lowest BCUT2D eigenvalue weighted by atomic mass is 9.98. The van der Waals surface area contributed by atoms with Gasteiger partial charge in [0.15, 0.2) is 0 Å². The molecule has 0 fully saturated rings. The molecule has 0 atom stereocenters. The summed E-state index contributed by atoms with van der Waals surface area (Å²) in [5.74, 6) is -0.0377. The number of rotatable bonds is 3. The van der Waals surface area contributed by atoms with Crippen molar-refractivity contribution >= 4 is 11.6 Å². The van der Waals surface area contributed by atoms with Gasteiger partial charge in [0.25, 0.3) is 5.91 Å². The zero-order valence-corrected chi connectivity index (χ0v) is 12.3. The first-order valence-electron chi connectivity index (χ1n) is 7.49. The van der Waals surface area contributed by atoms with Crippen LogP contribution in [0.4, 0.5) is 5.69 Å². The van der Waals surface area contributed by atoms with E-state index in [-0.39, 0.29) is 5.91 Å². The summed E-state index contributed by atoms with van der Waals surface area (Å²) in [6.07, 6.45) is 1.94. The number of carbonyl (C=O) groups is 1. The van der Waals surface area contributed by atoms with Crippen LogP contribution in [0.2, 0.25) is 0 Å². The smallest absolute Gasteiger partial charge is 0.255 e. The lowest BCUT2D eigenvalue weighted by Crippen LogP contribution is -2.24. The number of carbonyl (C=O) groups excluding carboxylic acids is 1. The van der Waals surface area contributed by atoms with Gasteiger partial charge < -0.3 is 10.6 Å². The van der Waals surface area contributed by atoms with Gasteiger partial charge in [-0.15, -0.1) is 0 Å². The normalized spacial score (nSPS) is 13.6. The van der Waals surface area contributed by atoms with E-state index in [4.69, 9.17) is 0 Å². The summed E-state index contributed by atoms with van der Waals surface area (Å²) < 4.78 is 0. The molecule has 1 aliphatic rings. The molecule has 1 heterocycles. The van der Waals surface area contributed by atoms with E-state index in [1.807, 2.05) is 36.4 Å². The van der Waals surface area contributed by atoms with E-state index in [1.54, 1.807) is 0 Å². The minimum atomic E-state index is -0.0377. The highest BCUT2D eigenvalue weighted by Crippen LogP contribution is 2.19. The number of benzene rings is 2. The van der Waals surface area contributed by atoms with Crippen molar-refractivity contribution < 1.29 is 4.79 Å². The van der Waals surface area contributed by atoms with Crippen LogP contribution in [0.5, 0.6) is 0 Å². The number of hydrogen-bond donors (Lipinski definition) is 2. The Kier molecular flexibility index (Phi) is 4.02. The number of hydrogen-bond acceptors (Lipinski definition) is 2. The molecule has 0 saturated carbocycles. The number of anilines is 1. The van der Waals surface area contributed by atoms with Gasteiger partial charge in [0, 0.05) is 17.8 Å². The Balaban J connectivity index is 1.82. The molecule has 108 valence electrons. The molecule has 1 amide bonds. The highest BCUT2D eigenvalue weighted by atomic mass is 16.1. The third-order valence-electron chi connectivity index (χ3n) is 4.00. The molecule has 0 aromatic heterocycles. The zero-order valence-electron chi connectivity index (χ0n) is 12.3. The summed E-state index contributed by atoms with van der Waals surface area (Å²) in [4.78, 5) is 12.4. The summed E-state index contributed by atoms with van der Waals surface area (Å²) >= 11 is 0. The van der Waals surface area contributed by atoms with Crippen molar-refractivity contribution in [1.29, 1.82) is 0 Å². The van der Waals surface area contributed by atoms with Gasteiger partial charge in [-0.05, 0) is 54.3 Å². The molecule has 3 heteroatoms. The average Bonchev–Trinajstić information content (AvgIpc) is 2.55. The van der Waals surface area contributed by atoms with Crippen molar-refractivity contribution in [2.24, 2.45) is 0 Å². The molecule has 21 heavy (non-hydrogen) atoms. The Morgan fingerprint density at radius 2 is 2.05 bits per heavy atom. The van der Waals surface area contributed by atoms with Gasteiger partial charge in [-0.2, -0.15) is 0 Å². The second-order valence-electron chi connectivity index (χ2n) is 5.38. The molecule has 3 nitrogen and oxygen atoms in total. The maximum absolute atomic E-state index is 12.4. The third-order valence-corrected chi connectivity index (χ3v) is 4.00. The number of para-hydroxylation sites is 1. The van der Waals surface area contributed by atoms with Crippen molar-refractivity contribution in [3.63, 3.8) is 0 Å². The molecule has 0 aliphatic carbocycles. The third kappa shape index (κ3) is 2.98. The van der Waals surface area contributed by atoms with Gasteiger partial charge in [0.05, 0.1) is 0 Å². The Bertz CT molecular complexity index is 664. The minimum absolute atomic E-state index is 0.0377. The molecular formula is C18H20N2O. The van der Waals surface area contributed by atoms with E-state index >= 15 is 0 Å². The Hall–Kier alpha value is -2.13. The summed E-state index contributed by atoms with van der Waals surface area (Å²) in [6, 6.07) is 14.0. The molecule has 1 aliphatic heterocycles. The van der Waals surface area contributed by atoms with E-state index in [9.17, 15) is 4.79 Å². The van der Waals surface area contributed by atoms with E-state index in [0.717, 1.165) is 42.7 Å². The Morgan fingerprint density at radius 3 is 2.90 bits per heavy atom. The molecule has 2 N–H and O–H groups in total. The van der Waals surface area contributed by atoms with Crippen molar-refractivity contribution in [3.8, 4) is 0 Å².